The van der Waals surface area contributed by atoms with Gasteiger partial charge in [-0.25, -0.2) is 23.1 Å². The van der Waals surface area contributed by atoms with Gasteiger partial charge in [-0.15, -0.1) is 0 Å². The van der Waals surface area contributed by atoms with Crippen molar-refractivity contribution in [3.05, 3.63) is 46.5 Å². The number of anilines is 2. The number of nitrogens with one attached hydrogen (secondary N) is 1. The molecule has 3 nitrogen and oxygen atoms in total. The van der Waals surface area contributed by atoms with Crippen LogP contribution in [0.3, 0.4) is 0 Å². The average molecular weight is 304 g/mol. The van der Waals surface area contributed by atoms with Gasteiger partial charge in [-0.2, -0.15) is 0 Å². The quantitative estimate of drug-likeness (QED) is 0.864. The standard InChI is InChI=1S/C10H5BrF3N3/c11-5-3-15-10(16-4-5)17-8-2-6(12)1-7(13)9(8)14/h1-4H,(H,15,16,17). The van der Waals surface area contributed by atoms with E-state index in [0.29, 0.717) is 10.5 Å². The van der Waals surface area contributed by atoms with E-state index in [1.54, 1.807) is 0 Å². The van der Waals surface area contributed by atoms with Gasteiger partial charge >= 0.3 is 0 Å². The molecule has 1 heterocycles. The zero-order valence-electron chi connectivity index (χ0n) is 8.22. The van der Waals surface area contributed by atoms with Crippen molar-refractivity contribution in [1.29, 1.82) is 0 Å². The van der Waals surface area contributed by atoms with Crippen LogP contribution in [-0.2, 0) is 0 Å². The molecule has 0 saturated heterocycles. The molecule has 0 saturated carbocycles. The molecule has 1 aromatic carbocycles. The van der Waals surface area contributed by atoms with Gasteiger partial charge in [0.1, 0.15) is 5.82 Å². The van der Waals surface area contributed by atoms with Gasteiger partial charge in [0.25, 0.3) is 0 Å². The summed E-state index contributed by atoms with van der Waals surface area (Å²) < 4.78 is 39.7. The smallest absolute Gasteiger partial charge is 0.227 e. The first-order valence-corrected chi connectivity index (χ1v) is 5.24. The zero-order valence-corrected chi connectivity index (χ0v) is 9.80. The van der Waals surface area contributed by atoms with Crippen LogP contribution in [0.5, 0.6) is 0 Å². The van der Waals surface area contributed by atoms with E-state index in [1.807, 2.05) is 0 Å². The number of hydrogen-bond acceptors (Lipinski definition) is 3. The Morgan fingerprint density at radius 1 is 1.06 bits per heavy atom. The van der Waals surface area contributed by atoms with Crippen molar-refractivity contribution in [1.82, 2.24) is 9.97 Å². The monoisotopic (exact) mass is 303 g/mol. The van der Waals surface area contributed by atoms with Crippen LogP contribution >= 0.6 is 15.9 Å². The van der Waals surface area contributed by atoms with Crippen LogP contribution in [0, 0.1) is 17.5 Å². The van der Waals surface area contributed by atoms with Crippen molar-refractivity contribution >= 4 is 27.6 Å². The minimum Gasteiger partial charge on any atom is -0.321 e. The van der Waals surface area contributed by atoms with E-state index in [9.17, 15) is 13.2 Å². The Kier molecular flexibility index (Phi) is 3.28. The fourth-order valence-corrected chi connectivity index (χ4v) is 1.35. The molecule has 0 aliphatic heterocycles. The third-order valence-corrected chi connectivity index (χ3v) is 2.27. The summed E-state index contributed by atoms with van der Waals surface area (Å²) >= 11 is 3.12. The molecule has 7 heteroatoms. The molecule has 0 bridgehead atoms. The van der Waals surface area contributed by atoms with Crippen LogP contribution < -0.4 is 5.32 Å². The lowest BCUT2D eigenvalue weighted by Gasteiger charge is -2.06. The molecule has 0 aliphatic carbocycles. The van der Waals surface area contributed by atoms with Gasteiger partial charge < -0.3 is 5.32 Å². The summed E-state index contributed by atoms with van der Waals surface area (Å²) in [5, 5.41) is 2.38. The summed E-state index contributed by atoms with van der Waals surface area (Å²) in [6.07, 6.45) is 2.84. The lowest BCUT2D eigenvalue weighted by molar-refractivity contribution is 0.498. The Balaban J connectivity index is 2.32. The minimum absolute atomic E-state index is 0.0390. The van der Waals surface area contributed by atoms with Crippen molar-refractivity contribution < 1.29 is 13.2 Å². The molecule has 1 aromatic heterocycles. The summed E-state index contributed by atoms with van der Waals surface area (Å²) in [6.45, 7) is 0. The molecule has 0 spiro atoms. The van der Waals surface area contributed by atoms with Crippen LogP contribution in [0.4, 0.5) is 24.8 Å². The first kappa shape index (κ1) is 11.8. The summed E-state index contributed by atoms with van der Waals surface area (Å²) in [4.78, 5) is 7.59. The Labute approximate surface area is 103 Å². The van der Waals surface area contributed by atoms with Crippen molar-refractivity contribution in [2.75, 3.05) is 5.32 Å². The van der Waals surface area contributed by atoms with Gasteiger partial charge in [0.05, 0.1) is 10.2 Å². The van der Waals surface area contributed by atoms with Crippen LogP contribution in [0.2, 0.25) is 0 Å². The molecule has 2 aromatic rings. The normalized spacial score (nSPS) is 10.4. The van der Waals surface area contributed by atoms with Crippen molar-refractivity contribution in [2.45, 2.75) is 0 Å². The highest BCUT2D eigenvalue weighted by atomic mass is 79.9. The highest BCUT2D eigenvalue weighted by molar-refractivity contribution is 9.10. The largest absolute Gasteiger partial charge is 0.321 e. The number of halogens is 4. The van der Waals surface area contributed by atoms with Crippen molar-refractivity contribution in [3.8, 4) is 0 Å². The second kappa shape index (κ2) is 4.70. The molecule has 0 fully saturated rings. The third kappa shape index (κ3) is 2.73. The molecular weight excluding hydrogens is 299 g/mol. The van der Waals surface area contributed by atoms with Crippen LogP contribution in [-0.4, -0.2) is 9.97 Å². The van der Waals surface area contributed by atoms with Gasteiger partial charge in [0.2, 0.25) is 5.95 Å². The molecule has 17 heavy (non-hydrogen) atoms. The Morgan fingerprint density at radius 2 is 1.71 bits per heavy atom. The first-order chi connectivity index (χ1) is 8.06. The fraction of sp³-hybridized carbons (Fsp3) is 0. The lowest BCUT2D eigenvalue weighted by Crippen LogP contribution is -2.01. The van der Waals surface area contributed by atoms with Gasteiger partial charge in [-0.1, -0.05) is 0 Å². The van der Waals surface area contributed by atoms with E-state index in [2.05, 4.69) is 31.2 Å². The molecule has 0 unspecified atom stereocenters. The summed E-state index contributed by atoms with van der Waals surface area (Å²) in [6, 6.07) is 1.28. The topological polar surface area (TPSA) is 37.8 Å². The number of hydrogen-bond donors (Lipinski definition) is 1. The van der Waals surface area contributed by atoms with E-state index in [4.69, 9.17) is 0 Å². The number of rotatable bonds is 2. The van der Waals surface area contributed by atoms with Gasteiger partial charge in [-0.05, 0) is 15.9 Å². The van der Waals surface area contributed by atoms with Crippen molar-refractivity contribution in [2.24, 2.45) is 0 Å². The average Bonchev–Trinajstić information content (AvgIpc) is 2.28. The minimum atomic E-state index is -1.27. The van der Waals surface area contributed by atoms with E-state index in [1.165, 1.54) is 12.4 Å². The van der Waals surface area contributed by atoms with E-state index in [-0.39, 0.29) is 11.6 Å². The predicted octanol–water partition coefficient (Wildman–Crippen LogP) is 3.40. The molecule has 0 amide bonds. The maximum atomic E-state index is 13.3. The first-order valence-electron chi connectivity index (χ1n) is 4.45. The van der Waals surface area contributed by atoms with Crippen LogP contribution in [0.1, 0.15) is 0 Å². The SMILES string of the molecule is Fc1cc(F)c(F)c(Nc2ncc(Br)cn2)c1. The molecule has 1 N–H and O–H groups in total. The van der Waals surface area contributed by atoms with Gasteiger partial charge in [0, 0.05) is 24.5 Å². The molecule has 0 radical (unpaired) electrons. The van der Waals surface area contributed by atoms with Gasteiger partial charge in [-0.3, -0.25) is 0 Å². The predicted molar refractivity (Wildman–Crippen MR) is 59.3 cm³/mol. The molecule has 0 aliphatic rings. The number of benzene rings is 1. The molecule has 0 atom stereocenters. The Morgan fingerprint density at radius 3 is 2.35 bits per heavy atom. The second-order valence-electron chi connectivity index (χ2n) is 3.10. The maximum absolute atomic E-state index is 13.3. The molecule has 2 rings (SSSR count). The molecule has 88 valence electrons. The summed E-state index contributed by atoms with van der Waals surface area (Å²) in [5.41, 5.74) is -0.357. The van der Waals surface area contributed by atoms with Gasteiger partial charge in [0.15, 0.2) is 11.6 Å². The lowest BCUT2D eigenvalue weighted by atomic mass is 10.3. The number of nitrogens with zero attached hydrogens (tertiary/aromatic N) is 2. The Bertz CT molecular complexity index is 545. The van der Waals surface area contributed by atoms with Crippen LogP contribution in [0.15, 0.2) is 29.0 Å². The van der Waals surface area contributed by atoms with E-state index in [0.717, 1.165) is 6.07 Å². The van der Waals surface area contributed by atoms with E-state index >= 15 is 0 Å². The summed E-state index contributed by atoms with van der Waals surface area (Å²) in [5.74, 6) is -3.30. The van der Waals surface area contributed by atoms with Crippen molar-refractivity contribution in [3.63, 3.8) is 0 Å². The van der Waals surface area contributed by atoms with E-state index < -0.39 is 17.5 Å². The highest BCUT2D eigenvalue weighted by Crippen LogP contribution is 2.21. The third-order valence-electron chi connectivity index (χ3n) is 1.86. The zero-order chi connectivity index (χ0) is 12.4. The fourth-order valence-electron chi connectivity index (χ4n) is 1.14. The Hall–Kier alpha value is -1.63. The summed E-state index contributed by atoms with van der Waals surface area (Å²) in [7, 11) is 0. The maximum Gasteiger partial charge on any atom is 0.227 e. The second-order valence-corrected chi connectivity index (χ2v) is 4.01. The number of aromatic nitrogens is 2. The molecular formula is C10H5BrF3N3. The van der Waals surface area contributed by atoms with Crippen LogP contribution in [0.25, 0.3) is 0 Å². The highest BCUT2D eigenvalue weighted by Gasteiger charge is 2.11.